The molecule has 1 aromatic rings. The second kappa shape index (κ2) is 6.92. The molecule has 118 valence electrons. The first-order valence-electron chi connectivity index (χ1n) is 7.91. The highest BCUT2D eigenvalue weighted by Crippen LogP contribution is 2.41. The second-order valence-corrected chi connectivity index (χ2v) is 5.79. The third-order valence-electron chi connectivity index (χ3n) is 4.54. The Morgan fingerprint density at radius 1 is 1.19 bits per heavy atom. The Morgan fingerprint density at radius 3 is 2.38 bits per heavy atom. The van der Waals surface area contributed by atoms with Gasteiger partial charge in [0.15, 0.2) is 11.5 Å². The van der Waals surface area contributed by atoms with Crippen LogP contribution in [0.5, 0.6) is 11.5 Å². The summed E-state index contributed by atoms with van der Waals surface area (Å²) in [5.74, 6) is 2.30. The van der Waals surface area contributed by atoms with Crippen LogP contribution in [0.2, 0.25) is 0 Å². The summed E-state index contributed by atoms with van der Waals surface area (Å²) in [6.07, 6.45) is 2.44. The lowest BCUT2D eigenvalue weighted by atomic mass is 10.00. The molecule has 0 spiro atoms. The SMILES string of the molecule is CCC(CC)CN1c2cc(OC)c(OC)cc2NCC1C. The minimum atomic E-state index is 0.483. The van der Waals surface area contributed by atoms with Crippen molar-refractivity contribution in [2.24, 2.45) is 5.92 Å². The van der Waals surface area contributed by atoms with Crippen LogP contribution in [0.4, 0.5) is 11.4 Å². The van der Waals surface area contributed by atoms with E-state index in [4.69, 9.17) is 9.47 Å². The molecule has 1 aromatic carbocycles. The van der Waals surface area contributed by atoms with Gasteiger partial charge in [0.1, 0.15) is 0 Å². The minimum Gasteiger partial charge on any atom is -0.493 e. The molecule has 21 heavy (non-hydrogen) atoms. The molecule has 4 heteroatoms. The van der Waals surface area contributed by atoms with Crippen molar-refractivity contribution in [3.05, 3.63) is 12.1 Å². The highest BCUT2D eigenvalue weighted by molar-refractivity contribution is 5.77. The monoisotopic (exact) mass is 292 g/mol. The Hall–Kier alpha value is -1.58. The van der Waals surface area contributed by atoms with Gasteiger partial charge in [-0.1, -0.05) is 26.7 Å². The molecule has 1 aliphatic rings. The molecule has 2 rings (SSSR count). The van der Waals surface area contributed by atoms with E-state index in [9.17, 15) is 0 Å². The van der Waals surface area contributed by atoms with E-state index >= 15 is 0 Å². The van der Waals surface area contributed by atoms with Crippen molar-refractivity contribution in [3.8, 4) is 11.5 Å². The number of hydrogen-bond donors (Lipinski definition) is 1. The molecular weight excluding hydrogens is 264 g/mol. The van der Waals surface area contributed by atoms with Gasteiger partial charge < -0.3 is 19.7 Å². The zero-order chi connectivity index (χ0) is 15.4. The van der Waals surface area contributed by atoms with Crippen molar-refractivity contribution in [2.75, 3.05) is 37.5 Å². The molecule has 1 atom stereocenters. The molecule has 4 nitrogen and oxygen atoms in total. The topological polar surface area (TPSA) is 33.7 Å². The summed E-state index contributed by atoms with van der Waals surface area (Å²) < 4.78 is 10.9. The maximum Gasteiger partial charge on any atom is 0.162 e. The zero-order valence-electron chi connectivity index (χ0n) is 13.9. The maximum absolute atomic E-state index is 5.46. The summed E-state index contributed by atoms with van der Waals surface area (Å²) in [5.41, 5.74) is 2.36. The summed E-state index contributed by atoms with van der Waals surface area (Å²) in [5, 5.41) is 3.50. The fourth-order valence-electron chi connectivity index (χ4n) is 2.96. The van der Waals surface area contributed by atoms with Gasteiger partial charge in [-0.2, -0.15) is 0 Å². The second-order valence-electron chi connectivity index (χ2n) is 5.79. The third-order valence-corrected chi connectivity index (χ3v) is 4.54. The molecule has 0 saturated heterocycles. The number of hydrogen-bond acceptors (Lipinski definition) is 4. The number of ether oxygens (including phenoxy) is 2. The maximum atomic E-state index is 5.46. The van der Waals surface area contributed by atoms with E-state index in [1.54, 1.807) is 14.2 Å². The van der Waals surface area contributed by atoms with Crippen LogP contribution in [-0.4, -0.2) is 33.4 Å². The first-order valence-corrected chi connectivity index (χ1v) is 7.91. The molecule has 1 unspecified atom stereocenters. The first-order chi connectivity index (χ1) is 10.1. The van der Waals surface area contributed by atoms with Crippen molar-refractivity contribution < 1.29 is 9.47 Å². The van der Waals surface area contributed by atoms with Crippen molar-refractivity contribution in [2.45, 2.75) is 39.7 Å². The van der Waals surface area contributed by atoms with Crippen LogP contribution in [0.1, 0.15) is 33.6 Å². The van der Waals surface area contributed by atoms with E-state index < -0.39 is 0 Å². The quantitative estimate of drug-likeness (QED) is 0.865. The van der Waals surface area contributed by atoms with E-state index in [0.29, 0.717) is 6.04 Å². The lowest BCUT2D eigenvalue weighted by Gasteiger charge is -2.40. The smallest absolute Gasteiger partial charge is 0.162 e. The van der Waals surface area contributed by atoms with E-state index in [-0.39, 0.29) is 0 Å². The average Bonchev–Trinajstić information content (AvgIpc) is 2.52. The number of methoxy groups -OCH3 is 2. The molecule has 0 amide bonds. The Morgan fingerprint density at radius 2 is 1.81 bits per heavy atom. The Balaban J connectivity index is 2.36. The van der Waals surface area contributed by atoms with Crippen molar-refractivity contribution >= 4 is 11.4 Å². The van der Waals surface area contributed by atoms with Gasteiger partial charge in [-0.05, 0) is 12.8 Å². The lowest BCUT2D eigenvalue weighted by molar-refractivity contribution is 0.354. The highest BCUT2D eigenvalue weighted by atomic mass is 16.5. The van der Waals surface area contributed by atoms with Crippen LogP contribution >= 0.6 is 0 Å². The van der Waals surface area contributed by atoms with Gasteiger partial charge in [0.05, 0.1) is 25.6 Å². The minimum absolute atomic E-state index is 0.483. The molecule has 0 aromatic heterocycles. The molecule has 1 aliphatic heterocycles. The molecule has 0 fully saturated rings. The van der Waals surface area contributed by atoms with Gasteiger partial charge in [0, 0.05) is 31.3 Å². The number of fused-ring (bicyclic) bond motifs is 1. The third kappa shape index (κ3) is 3.20. The fourth-order valence-corrected chi connectivity index (χ4v) is 2.96. The van der Waals surface area contributed by atoms with Crippen LogP contribution in [0.15, 0.2) is 12.1 Å². The Kier molecular flexibility index (Phi) is 5.21. The Labute approximate surface area is 128 Å². The van der Waals surface area contributed by atoms with Gasteiger partial charge in [0.25, 0.3) is 0 Å². The van der Waals surface area contributed by atoms with Gasteiger partial charge in [-0.15, -0.1) is 0 Å². The van der Waals surface area contributed by atoms with Crippen molar-refractivity contribution in [3.63, 3.8) is 0 Å². The van der Waals surface area contributed by atoms with Crippen LogP contribution in [0.25, 0.3) is 0 Å². The molecule has 1 N–H and O–H groups in total. The van der Waals surface area contributed by atoms with E-state index in [0.717, 1.165) is 36.2 Å². The molecule has 0 bridgehead atoms. The predicted molar refractivity (Wildman–Crippen MR) is 88.9 cm³/mol. The molecule has 0 radical (unpaired) electrons. The number of nitrogens with one attached hydrogen (secondary N) is 1. The van der Waals surface area contributed by atoms with Crippen molar-refractivity contribution in [1.29, 1.82) is 0 Å². The largest absolute Gasteiger partial charge is 0.493 e. The van der Waals surface area contributed by atoms with Gasteiger partial charge in [0.2, 0.25) is 0 Å². The van der Waals surface area contributed by atoms with Crippen LogP contribution < -0.4 is 19.7 Å². The summed E-state index contributed by atoms with van der Waals surface area (Å²) in [6, 6.07) is 4.62. The molecule has 0 saturated carbocycles. The first kappa shape index (κ1) is 15.8. The lowest BCUT2D eigenvalue weighted by Crippen LogP contribution is -2.44. The number of nitrogens with zero attached hydrogens (tertiary/aromatic N) is 1. The normalized spacial score (nSPS) is 17.4. The Bertz CT molecular complexity index is 472. The van der Waals surface area contributed by atoms with E-state index in [1.807, 2.05) is 6.07 Å². The predicted octanol–water partition coefficient (Wildman–Crippen LogP) is 3.76. The van der Waals surface area contributed by atoms with Crippen LogP contribution in [0, 0.1) is 5.92 Å². The number of benzene rings is 1. The molecule has 0 aliphatic carbocycles. The van der Waals surface area contributed by atoms with Crippen LogP contribution in [0.3, 0.4) is 0 Å². The number of rotatable bonds is 6. The summed E-state index contributed by atoms with van der Waals surface area (Å²) >= 11 is 0. The van der Waals surface area contributed by atoms with Gasteiger partial charge in [-0.3, -0.25) is 0 Å². The summed E-state index contributed by atoms with van der Waals surface area (Å²) in [7, 11) is 3.37. The summed E-state index contributed by atoms with van der Waals surface area (Å²) in [6.45, 7) is 8.88. The van der Waals surface area contributed by atoms with Crippen LogP contribution in [-0.2, 0) is 0 Å². The highest BCUT2D eigenvalue weighted by Gasteiger charge is 2.26. The summed E-state index contributed by atoms with van der Waals surface area (Å²) in [4.78, 5) is 2.51. The molecular formula is C17H28N2O2. The van der Waals surface area contributed by atoms with Gasteiger partial charge in [-0.25, -0.2) is 0 Å². The number of anilines is 2. The fraction of sp³-hybridized carbons (Fsp3) is 0.647. The standard InChI is InChI=1S/C17H28N2O2/c1-6-13(7-2)11-19-12(3)10-18-14-8-16(20-4)17(21-5)9-15(14)19/h8-9,12-13,18H,6-7,10-11H2,1-5H3. The van der Waals surface area contributed by atoms with E-state index in [2.05, 4.69) is 37.1 Å². The molecule has 1 heterocycles. The average molecular weight is 292 g/mol. The van der Waals surface area contributed by atoms with Gasteiger partial charge >= 0.3 is 0 Å². The zero-order valence-corrected chi connectivity index (χ0v) is 13.9. The van der Waals surface area contributed by atoms with Crippen molar-refractivity contribution in [1.82, 2.24) is 0 Å². The van der Waals surface area contributed by atoms with E-state index in [1.165, 1.54) is 18.5 Å².